The molecule has 0 bridgehead atoms. The molecule has 3 nitrogen and oxygen atoms in total. The lowest BCUT2D eigenvalue weighted by atomic mass is 9.94. The summed E-state index contributed by atoms with van der Waals surface area (Å²) < 4.78 is 5.08. The molecular formula is C12H22ClNO2. The topological polar surface area (TPSA) is 38.3 Å². The van der Waals surface area contributed by atoms with Gasteiger partial charge in [0.15, 0.2) is 0 Å². The molecule has 0 heterocycles. The van der Waals surface area contributed by atoms with Crippen LogP contribution < -0.4 is 5.32 Å². The van der Waals surface area contributed by atoms with Crippen LogP contribution in [0.4, 0.5) is 0 Å². The number of amides is 1. The second-order valence-electron chi connectivity index (χ2n) is 5.44. The zero-order chi connectivity index (χ0) is 12.2. The quantitative estimate of drug-likeness (QED) is 0.701. The van der Waals surface area contributed by atoms with Crippen molar-refractivity contribution in [3.05, 3.63) is 0 Å². The Morgan fingerprint density at radius 3 is 2.56 bits per heavy atom. The van der Waals surface area contributed by atoms with Crippen molar-refractivity contribution in [1.29, 1.82) is 0 Å². The molecule has 0 atom stereocenters. The zero-order valence-corrected chi connectivity index (χ0v) is 11.2. The maximum Gasteiger partial charge on any atom is 0.226 e. The summed E-state index contributed by atoms with van der Waals surface area (Å²) in [5.74, 6) is 0.398. The van der Waals surface area contributed by atoms with Gasteiger partial charge in [-0.25, -0.2) is 0 Å². The maximum atomic E-state index is 11.8. The summed E-state index contributed by atoms with van der Waals surface area (Å²) in [7, 11) is 1.71. The van der Waals surface area contributed by atoms with Gasteiger partial charge in [0.05, 0.1) is 5.41 Å². The molecule has 0 saturated heterocycles. The summed E-state index contributed by atoms with van der Waals surface area (Å²) in [4.78, 5) is 11.8. The third-order valence-corrected chi connectivity index (χ3v) is 4.03. The van der Waals surface area contributed by atoms with E-state index in [4.69, 9.17) is 16.3 Å². The van der Waals surface area contributed by atoms with E-state index in [9.17, 15) is 4.79 Å². The Labute approximate surface area is 103 Å². The molecule has 1 aliphatic carbocycles. The fraction of sp³-hybridized carbons (Fsp3) is 0.917. The molecule has 0 aromatic rings. The van der Waals surface area contributed by atoms with Gasteiger partial charge in [-0.05, 0) is 38.5 Å². The smallest absolute Gasteiger partial charge is 0.226 e. The van der Waals surface area contributed by atoms with Gasteiger partial charge in [0.25, 0.3) is 0 Å². The van der Waals surface area contributed by atoms with Crippen molar-refractivity contribution in [2.45, 2.75) is 33.1 Å². The first-order chi connectivity index (χ1) is 7.46. The van der Waals surface area contributed by atoms with Crippen molar-refractivity contribution in [3.63, 3.8) is 0 Å². The largest absolute Gasteiger partial charge is 0.385 e. The van der Waals surface area contributed by atoms with Crippen molar-refractivity contribution in [2.75, 3.05) is 26.1 Å². The predicted octanol–water partition coefficient (Wildman–Crippen LogP) is 2.18. The highest BCUT2D eigenvalue weighted by molar-refractivity contribution is 6.19. The van der Waals surface area contributed by atoms with Gasteiger partial charge in [-0.15, -0.1) is 11.6 Å². The van der Waals surface area contributed by atoms with E-state index in [1.54, 1.807) is 7.11 Å². The van der Waals surface area contributed by atoms with Crippen molar-refractivity contribution in [3.8, 4) is 0 Å². The van der Waals surface area contributed by atoms with Crippen molar-refractivity contribution in [1.82, 2.24) is 5.32 Å². The normalized spacial score (nSPS) is 18.2. The van der Waals surface area contributed by atoms with Crippen LogP contribution in [0.2, 0.25) is 0 Å². The molecule has 1 fully saturated rings. The van der Waals surface area contributed by atoms with E-state index < -0.39 is 5.41 Å². The molecule has 4 heteroatoms. The fourth-order valence-corrected chi connectivity index (χ4v) is 1.70. The molecule has 94 valence electrons. The molecule has 0 aromatic heterocycles. The molecule has 1 amide bonds. The highest BCUT2D eigenvalue weighted by Gasteiger charge is 2.42. The van der Waals surface area contributed by atoms with Crippen LogP contribution in [0.15, 0.2) is 0 Å². The SMILES string of the molecule is COCCC1(CNC(=O)C(C)(C)CCl)CC1. The van der Waals surface area contributed by atoms with Gasteiger partial charge < -0.3 is 10.1 Å². The lowest BCUT2D eigenvalue weighted by Gasteiger charge is -2.23. The molecule has 1 aliphatic rings. The summed E-state index contributed by atoms with van der Waals surface area (Å²) in [6.07, 6.45) is 3.42. The van der Waals surface area contributed by atoms with Crippen molar-refractivity contribution >= 4 is 17.5 Å². The Balaban J connectivity index is 2.32. The highest BCUT2D eigenvalue weighted by atomic mass is 35.5. The first-order valence-corrected chi connectivity index (χ1v) is 6.32. The molecule has 0 radical (unpaired) electrons. The summed E-state index contributed by atoms with van der Waals surface area (Å²) in [5.41, 5.74) is -0.174. The van der Waals surface area contributed by atoms with Gasteiger partial charge in [-0.1, -0.05) is 0 Å². The minimum Gasteiger partial charge on any atom is -0.385 e. The first-order valence-electron chi connectivity index (χ1n) is 5.79. The van der Waals surface area contributed by atoms with E-state index in [0.29, 0.717) is 11.3 Å². The average Bonchev–Trinajstić information content (AvgIpc) is 3.04. The minimum atomic E-state index is -0.473. The molecule has 16 heavy (non-hydrogen) atoms. The van der Waals surface area contributed by atoms with E-state index in [2.05, 4.69) is 5.32 Å². The van der Waals surface area contributed by atoms with Gasteiger partial charge in [0, 0.05) is 26.1 Å². The number of nitrogens with one attached hydrogen (secondary N) is 1. The molecule has 0 unspecified atom stereocenters. The van der Waals surface area contributed by atoms with E-state index in [1.807, 2.05) is 13.8 Å². The number of alkyl halides is 1. The molecule has 1 N–H and O–H groups in total. The average molecular weight is 248 g/mol. The van der Waals surface area contributed by atoms with E-state index in [1.165, 1.54) is 12.8 Å². The van der Waals surface area contributed by atoms with Crippen molar-refractivity contribution < 1.29 is 9.53 Å². The zero-order valence-electron chi connectivity index (χ0n) is 10.4. The molecule has 0 aliphatic heterocycles. The predicted molar refractivity (Wildman–Crippen MR) is 65.7 cm³/mol. The Bertz CT molecular complexity index is 249. The van der Waals surface area contributed by atoms with Crippen LogP contribution in [0.3, 0.4) is 0 Å². The molecule has 0 aromatic carbocycles. The second kappa shape index (κ2) is 5.37. The summed E-state index contributed by atoms with van der Waals surface area (Å²) in [5, 5.41) is 3.01. The van der Waals surface area contributed by atoms with Crippen LogP contribution in [0.5, 0.6) is 0 Å². The lowest BCUT2D eigenvalue weighted by Crippen LogP contribution is -2.41. The highest BCUT2D eigenvalue weighted by Crippen LogP contribution is 2.48. The van der Waals surface area contributed by atoms with Crippen molar-refractivity contribution in [2.24, 2.45) is 10.8 Å². The summed E-state index contributed by atoms with van der Waals surface area (Å²) in [6, 6.07) is 0. The first kappa shape index (κ1) is 13.8. The van der Waals surface area contributed by atoms with E-state index in [0.717, 1.165) is 19.6 Å². The number of ether oxygens (including phenoxy) is 1. The van der Waals surface area contributed by atoms with Crippen LogP contribution in [0.1, 0.15) is 33.1 Å². The number of methoxy groups -OCH3 is 1. The van der Waals surface area contributed by atoms with Crippen LogP contribution in [0, 0.1) is 10.8 Å². The van der Waals surface area contributed by atoms with Gasteiger partial charge in [-0.2, -0.15) is 0 Å². The number of carbonyl (C=O) groups excluding carboxylic acids is 1. The minimum absolute atomic E-state index is 0.0474. The Hall–Kier alpha value is -0.280. The molecule has 1 saturated carbocycles. The monoisotopic (exact) mass is 247 g/mol. The fourth-order valence-electron chi connectivity index (χ4n) is 1.58. The Kier molecular flexibility index (Phi) is 4.62. The van der Waals surface area contributed by atoms with Crippen LogP contribution in [-0.4, -0.2) is 32.0 Å². The van der Waals surface area contributed by atoms with Gasteiger partial charge in [0.1, 0.15) is 0 Å². The van der Waals surface area contributed by atoms with Crippen LogP contribution >= 0.6 is 11.6 Å². The summed E-state index contributed by atoms with van der Waals surface area (Å²) >= 11 is 5.76. The second-order valence-corrected chi connectivity index (χ2v) is 5.71. The number of halogens is 1. The number of hydrogen-bond acceptors (Lipinski definition) is 2. The Morgan fingerprint density at radius 2 is 2.12 bits per heavy atom. The van der Waals surface area contributed by atoms with E-state index >= 15 is 0 Å². The van der Waals surface area contributed by atoms with Gasteiger partial charge >= 0.3 is 0 Å². The third-order valence-electron chi connectivity index (χ3n) is 3.37. The number of rotatable bonds is 7. The van der Waals surface area contributed by atoms with Gasteiger partial charge in [0.2, 0.25) is 5.91 Å². The van der Waals surface area contributed by atoms with Crippen LogP contribution in [-0.2, 0) is 9.53 Å². The molecule has 1 rings (SSSR count). The molecular weight excluding hydrogens is 226 g/mol. The van der Waals surface area contributed by atoms with E-state index in [-0.39, 0.29) is 5.91 Å². The third kappa shape index (κ3) is 3.63. The van der Waals surface area contributed by atoms with Crippen LogP contribution in [0.25, 0.3) is 0 Å². The lowest BCUT2D eigenvalue weighted by molar-refractivity contribution is -0.128. The standard InChI is InChI=1S/C12H22ClNO2/c1-11(2,8-13)10(15)14-9-12(4-5-12)6-7-16-3/h4-9H2,1-3H3,(H,14,15). The number of hydrogen-bond donors (Lipinski definition) is 1. The van der Waals surface area contributed by atoms with Gasteiger partial charge in [-0.3, -0.25) is 4.79 Å². The Morgan fingerprint density at radius 1 is 1.50 bits per heavy atom. The number of carbonyl (C=O) groups is 1. The summed E-state index contributed by atoms with van der Waals surface area (Å²) in [6.45, 7) is 5.26. The maximum absolute atomic E-state index is 11.8. The molecule has 0 spiro atoms.